The molecule has 0 heterocycles. The van der Waals surface area contributed by atoms with Crippen molar-refractivity contribution in [2.45, 2.75) is 24.9 Å². The third-order valence-electron chi connectivity index (χ3n) is 1.74. The highest BCUT2D eigenvalue weighted by Gasteiger charge is 2.34. The van der Waals surface area contributed by atoms with E-state index in [9.17, 15) is 9.90 Å². The molecule has 10 heavy (non-hydrogen) atoms. The molecule has 0 saturated heterocycles. The van der Waals surface area contributed by atoms with Crippen LogP contribution in [-0.2, 0) is 4.79 Å². The third-order valence-corrected chi connectivity index (χ3v) is 1.74. The van der Waals surface area contributed by atoms with Gasteiger partial charge in [-0.1, -0.05) is 12.2 Å². The van der Waals surface area contributed by atoms with Crippen LogP contribution in [0.2, 0.25) is 0 Å². The van der Waals surface area contributed by atoms with Crippen molar-refractivity contribution >= 4 is 5.97 Å². The zero-order valence-corrected chi connectivity index (χ0v) is 5.58. The molecule has 0 amide bonds. The van der Waals surface area contributed by atoms with Crippen LogP contribution in [-0.4, -0.2) is 21.8 Å². The molecule has 0 aromatic rings. The summed E-state index contributed by atoms with van der Waals surface area (Å²) < 4.78 is 0. The van der Waals surface area contributed by atoms with Crippen LogP contribution >= 0.6 is 0 Å². The van der Waals surface area contributed by atoms with E-state index in [0.29, 0.717) is 12.8 Å². The van der Waals surface area contributed by atoms with Gasteiger partial charge in [0.15, 0.2) is 5.60 Å². The van der Waals surface area contributed by atoms with Crippen LogP contribution in [0.5, 0.6) is 0 Å². The van der Waals surface area contributed by atoms with Gasteiger partial charge >= 0.3 is 5.97 Å². The molecule has 3 nitrogen and oxygen atoms in total. The minimum absolute atomic E-state index is 0.238. The van der Waals surface area contributed by atoms with Crippen LogP contribution in [0.3, 0.4) is 0 Å². The van der Waals surface area contributed by atoms with Gasteiger partial charge in [0.25, 0.3) is 0 Å². The van der Waals surface area contributed by atoms with Crippen LogP contribution < -0.4 is 0 Å². The molecular weight excluding hydrogens is 132 g/mol. The molecule has 0 saturated carbocycles. The van der Waals surface area contributed by atoms with E-state index in [2.05, 4.69) is 0 Å². The Bertz CT molecular complexity index is 174. The quantitative estimate of drug-likeness (QED) is 0.525. The topological polar surface area (TPSA) is 57.5 Å². The van der Waals surface area contributed by atoms with E-state index in [1.54, 1.807) is 6.08 Å². The minimum Gasteiger partial charge on any atom is -0.479 e. The van der Waals surface area contributed by atoms with Gasteiger partial charge in [0.05, 0.1) is 0 Å². The SMILES string of the molecule is O=C(O)[C@@]1(O)CC=CCC1. The lowest BCUT2D eigenvalue weighted by molar-refractivity contribution is -0.159. The fraction of sp³-hybridized carbons (Fsp3) is 0.571. The smallest absolute Gasteiger partial charge is 0.336 e. The van der Waals surface area contributed by atoms with Gasteiger partial charge in [0, 0.05) is 6.42 Å². The van der Waals surface area contributed by atoms with E-state index in [4.69, 9.17) is 5.11 Å². The van der Waals surface area contributed by atoms with Gasteiger partial charge in [-0.3, -0.25) is 0 Å². The van der Waals surface area contributed by atoms with Crippen molar-refractivity contribution in [3.8, 4) is 0 Å². The Labute approximate surface area is 59.0 Å². The number of hydrogen-bond donors (Lipinski definition) is 2. The predicted molar refractivity (Wildman–Crippen MR) is 35.6 cm³/mol. The van der Waals surface area contributed by atoms with E-state index < -0.39 is 11.6 Å². The van der Waals surface area contributed by atoms with Gasteiger partial charge in [-0.05, 0) is 12.8 Å². The number of carboxylic acids is 1. The van der Waals surface area contributed by atoms with Crippen LogP contribution in [0, 0.1) is 0 Å². The highest BCUT2D eigenvalue weighted by molar-refractivity contribution is 5.77. The summed E-state index contributed by atoms with van der Waals surface area (Å²) in [6.07, 6.45) is 4.82. The highest BCUT2D eigenvalue weighted by atomic mass is 16.4. The summed E-state index contributed by atoms with van der Waals surface area (Å²) in [4.78, 5) is 10.4. The van der Waals surface area contributed by atoms with Crippen molar-refractivity contribution in [1.29, 1.82) is 0 Å². The first-order chi connectivity index (χ1) is 4.65. The van der Waals surface area contributed by atoms with Crippen LogP contribution in [0.25, 0.3) is 0 Å². The third kappa shape index (κ3) is 1.19. The van der Waals surface area contributed by atoms with Gasteiger partial charge in [-0.25, -0.2) is 4.79 Å². The van der Waals surface area contributed by atoms with Crippen molar-refractivity contribution in [2.24, 2.45) is 0 Å². The van der Waals surface area contributed by atoms with E-state index in [0.717, 1.165) is 0 Å². The zero-order chi connectivity index (χ0) is 7.61. The molecule has 1 aliphatic rings. The number of carboxylic acid groups (broad SMARTS) is 1. The number of carbonyl (C=O) groups is 1. The molecule has 0 aliphatic heterocycles. The largest absolute Gasteiger partial charge is 0.479 e. The normalized spacial score (nSPS) is 32.1. The Kier molecular flexibility index (Phi) is 1.76. The maximum Gasteiger partial charge on any atom is 0.336 e. The van der Waals surface area contributed by atoms with E-state index in [-0.39, 0.29) is 6.42 Å². The maximum absolute atomic E-state index is 10.4. The lowest BCUT2D eigenvalue weighted by Gasteiger charge is -2.23. The number of allylic oxidation sites excluding steroid dienone is 1. The fourth-order valence-corrected chi connectivity index (χ4v) is 1.01. The predicted octanol–water partition coefficient (Wildman–Crippen LogP) is 0.542. The Balaban J connectivity index is 2.68. The van der Waals surface area contributed by atoms with Crippen molar-refractivity contribution < 1.29 is 15.0 Å². The molecule has 1 aliphatic carbocycles. The molecular formula is C7H10O3. The average molecular weight is 142 g/mol. The summed E-state index contributed by atoms with van der Waals surface area (Å²) in [5.74, 6) is -1.11. The van der Waals surface area contributed by atoms with Gasteiger partial charge in [-0.2, -0.15) is 0 Å². The lowest BCUT2D eigenvalue weighted by Crippen LogP contribution is -2.38. The van der Waals surface area contributed by atoms with Crippen LogP contribution in [0.1, 0.15) is 19.3 Å². The van der Waals surface area contributed by atoms with E-state index in [1.807, 2.05) is 6.08 Å². The summed E-state index contributed by atoms with van der Waals surface area (Å²) in [7, 11) is 0. The Morgan fingerprint density at radius 2 is 2.20 bits per heavy atom. The zero-order valence-electron chi connectivity index (χ0n) is 5.58. The average Bonchev–Trinajstić information content (AvgIpc) is 1.89. The number of aliphatic carboxylic acids is 1. The van der Waals surface area contributed by atoms with Gasteiger partial charge in [0.1, 0.15) is 0 Å². The molecule has 1 rings (SSSR count). The summed E-state index contributed by atoms with van der Waals surface area (Å²) in [6, 6.07) is 0. The fourth-order valence-electron chi connectivity index (χ4n) is 1.01. The molecule has 56 valence electrons. The van der Waals surface area contributed by atoms with Crippen LogP contribution in [0.15, 0.2) is 12.2 Å². The van der Waals surface area contributed by atoms with Gasteiger partial charge in [0.2, 0.25) is 0 Å². The molecule has 0 aromatic carbocycles. The molecule has 0 aromatic heterocycles. The standard InChI is InChI=1S/C7H10O3/c8-6(9)7(10)4-2-1-3-5-7/h1-2,10H,3-5H2,(H,8,9)/t7-/m1/s1. The first kappa shape index (κ1) is 7.28. The second-order valence-corrected chi connectivity index (χ2v) is 2.55. The Morgan fingerprint density at radius 1 is 1.50 bits per heavy atom. The maximum atomic E-state index is 10.4. The van der Waals surface area contributed by atoms with Crippen molar-refractivity contribution in [3.63, 3.8) is 0 Å². The molecule has 0 fully saturated rings. The first-order valence-corrected chi connectivity index (χ1v) is 3.26. The Hall–Kier alpha value is -0.830. The lowest BCUT2D eigenvalue weighted by atomic mass is 9.90. The molecule has 0 unspecified atom stereocenters. The minimum atomic E-state index is -1.49. The second-order valence-electron chi connectivity index (χ2n) is 2.55. The number of hydrogen-bond acceptors (Lipinski definition) is 2. The monoisotopic (exact) mass is 142 g/mol. The van der Waals surface area contributed by atoms with Crippen molar-refractivity contribution in [3.05, 3.63) is 12.2 Å². The molecule has 0 bridgehead atoms. The van der Waals surface area contributed by atoms with E-state index in [1.165, 1.54) is 0 Å². The van der Waals surface area contributed by atoms with Crippen molar-refractivity contribution in [1.82, 2.24) is 0 Å². The van der Waals surface area contributed by atoms with E-state index >= 15 is 0 Å². The van der Waals surface area contributed by atoms with Gasteiger partial charge in [-0.15, -0.1) is 0 Å². The molecule has 1 atom stereocenters. The summed E-state index contributed by atoms with van der Waals surface area (Å²) in [5.41, 5.74) is -1.49. The highest BCUT2D eigenvalue weighted by Crippen LogP contribution is 2.22. The summed E-state index contributed by atoms with van der Waals surface area (Å²) in [5, 5.41) is 17.8. The van der Waals surface area contributed by atoms with Gasteiger partial charge < -0.3 is 10.2 Å². The number of aliphatic hydroxyl groups is 1. The number of rotatable bonds is 1. The summed E-state index contributed by atoms with van der Waals surface area (Å²) in [6.45, 7) is 0. The summed E-state index contributed by atoms with van der Waals surface area (Å²) >= 11 is 0. The van der Waals surface area contributed by atoms with Crippen molar-refractivity contribution in [2.75, 3.05) is 0 Å². The molecule has 2 N–H and O–H groups in total. The van der Waals surface area contributed by atoms with Crippen LogP contribution in [0.4, 0.5) is 0 Å². The molecule has 0 radical (unpaired) electrons. The Morgan fingerprint density at radius 3 is 2.50 bits per heavy atom. The molecule has 0 spiro atoms. The first-order valence-electron chi connectivity index (χ1n) is 3.26. The second kappa shape index (κ2) is 2.42. The molecule has 3 heteroatoms.